The third-order valence-electron chi connectivity index (χ3n) is 1.41. The molecule has 0 radical (unpaired) electrons. The largest absolute Gasteiger partial charge is 0.325 e. The van der Waals surface area contributed by atoms with Crippen LogP contribution in [0.5, 0.6) is 0 Å². The van der Waals surface area contributed by atoms with Crippen molar-refractivity contribution in [3.05, 3.63) is 34.9 Å². The summed E-state index contributed by atoms with van der Waals surface area (Å²) >= 11 is 5.64. The topological polar surface area (TPSA) is 38.9 Å². The fourth-order valence-electron chi connectivity index (χ4n) is 0.811. The monoisotopic (exact) mass is 200 g/mol. The number of pyridine rings is 1. The summed E-state index contributed by atoms with van der Waals surface area (Å²) in [6.07, 6.45) is 4.51. The molecule has 2 N–H and O–H groups in total. The summed E-state index contributed by atoms with van der Waals surface area (Å²) in [6, 6.07) is 1.39. The number of halogens is 2. The minimum absolute atomic E-state index is 0.113. The normalized spacial score (nSPS) is 13.5. The molecule has 0 aromatic carbocycles. The molecule has 1 aromatic heterocycles. The van der Waals surface area contributed by atoms with Crippen molar-refractivity contribution in [2.75, 3.05) is 0 Å². The van der Waals surface area contributed by atoms with Crippen LogP contribution in [0.3, 0.4) is 0 Å². The Morgan fingerprint density at radius 3 is 3.00 bits per heavy atom. The maximum atomic E-state index is 13.0. The lowest BCUT2D eigenvalue weighted by atomic mass is 10.2. The van der Waals surface area contributed by atoms with E-state index in [-0.39, 0.29) is 6.04 Å². The first kappa shape index (κ1) is 10.2. The summed E-state index contributed by atoms with van der Waals surface area (Å²) < 4.78 is 13.0. The molecule has 13 heavy (non-hydrogen) atoms. The van der Waals surface area contributed by atoms with E-state index in [0.717, 1.165) is 0 Å². The molecule has 70 valence electrons. The fraction of sp³-hybridized carbons (Fsp3) is 0.222. The van der Waals surface area contributed by atoms with Crippen LogP contribution < -0.4 is 5.73 Å². The lowest BCUT2D eigenvalue weighted by molar-refractivity contribution is 0.581. The molecule has 1 atom stereocenters. The number of rotatable bonds is 2. The lowest BCUT2D eigenvalue weighted by Gasteiger charge is -1.98. The van der Waals surface area contributed by atoms with Gasteiger partial charge < -0.3 is 5.73 Å². The van der Waals surface area contributed by atoms with Crippen molar-refractivity contribution in [2.45, 2.75) is 13.0 Å². The molecule has 0 saturated heterocycles. The molecule has 0 aliphatic heterocycles. The quantitative estimate of drug-likeness (QED) is 0.744. The molecule has 0 aliphatic rings. The molecule has 0 fully saturated rings. The van der Waals surface area contributed by atoms with Crippen LogP contribution in [0, 0.1) is 5.95 Å². The van der Waals surface area contributed by atoms with E-state index in [9.17, 15) is 4.39 Å². The van der Waals surface area contributed by atoms with Crippen molar-refractivity contribution >= 4 is 17.7 Å². The van der Waals surface area contributed by atoms with Crippen molar-refractivity contribution in [2.24, 2.45) is 5.73 Å². The van der Waals surface area contributed by atoms with Gasteiger partial charge in [0, 0.05) is 17.8 Å². The second-order valence-electron chi connectivity index (χ2n) is 2.75. The van der Waals surface area contributed by atoms with Gasteiger partial charge in [0.05, 0.1) is 5.02 Å². The summed E-state index contributed by atoms with van der Waals surface area (Å²) in [6.45, 7) is 1.80. The second-order valence-corrected chi connectivity index (χ2v) is 3.19. The van der Waals surface area contributed by atoms with Crippen molar-refractivity contribution < 1.29 is 4.39 Å². The van der Waals surface area contributed by atoms with Gasteiger partial charge in [-0.3, -0.25) is 0 Å². The van der Waals surface area contributed by atoms with Crippen molar-refractivity contribution in [1.82, 2.24) is 4.98 Å². The van der Waals surface area contributed by atoms with Crippen LogP contribution in [-0.2, 0) is 0 Å². The summed E-state index contributed by atoms with van der Waals surface area (Å²) in [5.41, 5.74) is 5.82. The average Bonchev–Trinajstić information content (AvgIpc) is 2.06. The van der Waals surface area contributed by atoms with E-state index in [1.165, 1.54) is 12.3 Å². The molecule has 0 aliphatic carbocycles. The summed E-state index contributed by atoms with van der Waals surface area (Å²) in [4.78, 5) is 3.47. The molecule has 0 spiro atoms. The molecule has 2 nitrogen and oxygen atoms in total. The first-order chi connectivity index (χ1) is 6.09. The molecule has 1 unspecified atom stereocenters. The van der Waals surface area contributed by atoms with Crippen LogP contribution in [0.2, 0.25) is 5.02 Å². The van der Waals surface area contributed by atoms with Crippen LogP contribution in [0.1, 0.15) is 12.5 Å². The van der Waals surface area contributed by atoms with E-state index in [1.807, 2.05) is 0 Å². The van der Waals surface area contributed by atoms with Gasteiger partial charge in [0.25, 0.3) is 0 Å². The molecule has 0 saturated carbocycles. The van der Waals surface area contributed by atoms with Crippen molar-refractivity contribution in [3.8, 4) is 0 Å². The van der Waals surface area contributed by atoms with Crippen LogP contribution in [0.15, 0.2) is 18.3 Å². The highest BCUT2D eigenvalue weighted by Crippen LogP contribution is 2.13. The maximum absolute atomic E-state index is 13.0. The third kappa shape index (κ3) is 3.13. The molecule has 4 heteroatoms. The van der Waals surface area contributed by atoms with Gasteiger partial charge in [-0.15, -0.1) is 0 Å². The molecule has 0 amide bonds. The van der Waals surface area contributed by atoms with Crippen molar-refractivity contribution in [1.29, 1.82) is 0 Å². The van der Waals surface area contributed by atoms with Gasteiger partial charge >= 0.3 is 0 Å². The second kappa shape index (κ2) is 4.35. The Balaban J connectivity index is 2.93. The minimum Gasteiger partial charge on any atom is -0.325 e. The van der Waals surface area contributed by atoms with Crippen LogP contribution in [0.4, 0.5) is 4.39 Å². The highest BCUT2D eigenvalue weighted by molar-refractivity contribution is 6.30. The number of nitrogens with zero attached hydrogens (tertiary/aromatic N) is 1. The summed E-state index contributed by atoms with van der Waals surface area (Å²) in [7, 11) is 0. The first-order valence-electron chi connectivity index (χ1n) is 3.84. The van der Waals surface area contributed by atoms with E-state index >= 15 is 0 Å². The van der Waals surface area contributed by atoms with Crippen LogP contribution >= 0.6 is 11.6 Å². The Labute approximate surface area is 81.2 Å². The highest BCUT2D eigenvalue weighted by Gasteiger charge is 2.00. The Bertz CT molecular complexity index is 323. The van der Waals surface area contributed by atoms with Gasteiger partial charge in [0.2, 0.25) is 5.95 Å². The zero-order chi connectivity index (χ0) is 9.84. The van der Waals surface area contributed by atoms with Gasteiger partial charge in [-0.25, -0.2) is 4.98 Å². The van der Waals surface area contributed by atoms with Gasteiger partial charge in [-0.1, -0.05) is 23.8 Å². The van der Waals surface area contributed by atoms with E-state index in [0.29, 0.717) is 10.6 Å². The number of aromatic nitrogens is 1. The molecule has 1 rings (SSSR count). The minimum atomic E-state index is -0.540. The standard InChI is InChI=1S/C9H10ClFN2/c1-6(12)2-3-7-4-8(10)5-13-9(7)11/h2-6H,12H2,1H3/b3-2+. The van der Waals surface area contributed by atoms with Gasteiger partial charge in [0.1, 0.15) is 0 Å². The molecular formula is C9H10ClFN2. The zero-order valence-electron chi connectivity index (χ0n) is 7.17. The molecule has 1 heterocycles. The van der Waals surface area contributed by atoms with E-state index < -0.39 is 5.95 Å². The van der Waals surface area contributed by atoms with Gasteiger partial charge in [-0.05, 0) is 13.0 Å². The smallest absolute Gasteiger partial charge is 0.220 e. The average molecular weight is 201 g/mol. The Hall–Kier alpha value is -0.930. The molecule has 1 aromatic rings. The van der Waals surface area contributed by atoms with E-state index in [1.54, 1.807) is 19.1 Å². The Kier molecular flexibility index (Phi) is 3.39. The predicted octanol–water partition coefficient (Wildman–Crippen LogP) is 2.23. The first-order valence-corrected chi connectivity index (χ1v) is 4.22. The predicted molar refractivity (Wildman–Crippen MR) is 51.9 cm³/mol. The summed E-state index contributed by atoms with van der Waals surface area (Å²) in [5.74, 6) is -0.540. The molecule has 0 bridgehead atoms. The number of nitrogens with two attached hydrogens (primary N) is 1. The number of hydrogen-bond acceptors (Lipinski definition) is 2. The van der Waals surface area contributed by atoms with Gasteiger partial charge in [-0.2, -0.15) is 4.39 Å². The highest BCUT2D eigenvalue weighted by atomic mass is 35.5. The Morgan fingerprint density at radius 2 is 2.38 bits per heavy atom. The lowest BCUT2D eigenvalue weighted by Crippen LogP contribution is -2.10. The zero-order valence-corrected chi connectivity index (χ0v) is 7.92. The third-order valence-corrected chi connectivity index (χ3v) is 1.62. The van der Waals surface area contributed by atoms with Gasteiger partial charge in [0.15, 0.2) is 0 Å². The summed E-state index contributed by atoms with van der Waals surface area (Å²) in [5, 5.41) is 0.408. The van der Waals surface area contributed by atoms with Crippen LogP contribution in [-0.4, -0.2) is 11.0 Å². The molecular weight excluding hydrogens is 191 g/mol. The maximum Gasteiger partial charge on any atom is 0.220 e. The van der Waals surface area contributed by atoms with Crippen LogP contribution in [0.25, 0.3) is 6.08 Å². The fourth-order valence-corrected chi connectivity index (χ4v) is 0.977. The SMILES string of the molecule is CC(N)/C=C/c1cc(Cl)cnc1F. The Morgan fingerprint density at radius 1 is 1.69 bits per heavy atom. The number of hydrogen-bond donors (Lipinski definition) is 1. The van der Waals surface area contributed by atoms with E-state index in [4.69, 9.17) is 17.3 Å². The van der Waals surface area contributed by atoms with E-state index in [2.05, 4.69) is 4.98 Å². The van der Waals surface area contributed by atoms with Crippen molar-refractivity contribution in [3.63, 3.8) is 0 Å².